The number of nitrogens with zero attached hydrogens (tertiary/aromatic N) is 2. The average molecular weight is 393 g/mol. The van der Waals surface area contributed by atoms with Crippen LogP contribution in [-0.2, 0) is 11.3 Å². The van der Waals surface area contributed by atoms with E-state index in [9.17, 15) is 4.79 Å². The first kappa shape index (κ1) is 16.3. The smallest absolute Gasteiger partial charge is 0.257 e. The SMILES string of the molecule is C=C1NC(=O)c2c1c1c3ccccc3n3c1c1c2c2ccccc2n1CCC3OC. The lowest BCUT2D eigenvalue weighted by Crippen LogP contribution is -2.11. The van der Waals surface area contributed by atoms with Gasteiger partial charge in [-0.3, -0.25) is 4.79 Å². The van der Waals surface area contributed by atoms with Gasteiger partial charge in [0.2, 0.25) is 0 Å². The molecule has 0 fully saturated rings. The second-order valence-corrected chi connectivity index (χ2v) is 8.16. The van der Waals surface area contributed by atoms with Gasteiger partial charge in [-0.15, -0.1) is 0 Å². The molecule has 146 valence electrons. The summed E-state index contributed by atoms with van der Waals surface area (Å²) in [6.45, 7) is 5.04. The Bertz CT molecular complexity index is 1600. The predicted molar refractivity (Wildman–Crippen MR) is 120 cm³/mol. The van der Waals surface area contributed by atoms with Crippen LogP contribution < -0.4 is 5.32 Å². The van der Waals surface area contributed by atoms with Gasteiger partial charge in [-0.05, 0) is 12.1 Å². The lowest BCUT2D eigenvalue weighted by molar-refractivity contribution is 0.0421. The summed E-state index contributed by atoms with van der Waals surface area (Å²) in [7, 11) is 1.78. The van der Waals surface area contributed by atoms with Gasteiger partial charge in [0.05, 0.1) is 22.1 Å². The Kier molecular flexibility index (Phi) is 2.88. The van der Waals surface area contributed by atoms with Gasteiger partial charge in [-0.25, -0.2) is 0 Å². The minimum atomic E-state index is -0.0781. The summed E-state index contributed by atoms with van der Waals surface area (Å²) in [5, 5.41) is 7.34. The van der Waals surface area contributed by atoms with Crippen LogP contribution in [0.15, 0.2) is 55.1 Å². The van der Waals surface area contributed by atoms with Crippen LogP contribution in [0, 0.1) is 0 Å². The Morgan fingerprint density at radius 3 is 2.40 bits per heavy atom. The number of benzene rings is 3. The molecule has 4 heterocycles. The Morgan fingerprint density at radius 1 is 0.967 bits per heavy atom. The van der Waals surface area contributed by atoms with Crippen molar-refractivity contribution in [1.82, 2.24) is 14.5 Å². The van der Waals surface area contributed by atoms with Crippen molar-refractivity contribution in [1.29, 1.82) is 0 Å². The van der Waals surface area contributed by atoms with Gasteiger partial charge in [0.25, 0.3) is 5.91 Å². The molecule has 5 heteroatoms. The van der Waals surface area contributed by atoms with Crippen LogP contribution in [-0.4, -0.2) is 22.2 Å². The topological polar surface area (TPSA) is 48.2 Å². The van der Waals surface area contributed by atoms with E-state index in [-0.39, 0.29) is 12.1 Å². The molecule has 2 aromatic heterocycles. The summed E-state index contributed by atoms with van der Waals surface area (Å²) in [6, 6.07) is 16.8. The van der Waals surface area contributed by atoms with Crippen LogP contribution in [0.4, 0.5) is 0 Å². The van der Waals surface area contributed by atoms with Crippen molar-refractivity contribution in [2.24, 2.45) is 0 Å². The molecule has 0 spiro atoms. The second kappa shape index (κ2) is 5.32. The third-order valence-corrected chi connectivity index (χ3v) is 6.81. The lowest BCUT2D eigenvalue weighted by atomic mass is 9.96. The van der Waals surface area contributed by atoms with Crippen molar-refractivity contribution in [3.05, 3.63) is 66.2 Å². The zero-order valence-electron chi connectivity index (χ0n) is 16.5. The molecule has 1 amide bonds. The number of carbonyl (C=O) groups excluding carboxylic acids is 1. The molecule has 0 radical (unpaired) electrons. The van der Waals surface area contributed by atoms with Crippen LogP contribution in [0.3, 0.4) is 0 Å². The lowest BCUT2D eigenvalue weighted by Gasteiger charge is -2.18. The molecule has 1 N–H and O–H groups in total. The van der Waals surface area contributed by atoms with Gasteiger partial charge in [-0.1, -0.05) is 43.0 Å². The number of rotatable bonds is 1. The summed E-state index contributed by atoms with van der Waals surface area (Å²) >= 11 is 0. The summed E-state index contributed by atoms with van der Waals surface area (Å²) in [6.07, 6.45) is 0.774. The van der Waals surface area contributed by atoms with E-state index in [1.54, 1.807) is 7.11 Å². The minimum Gasteiger partial charge on any atom is -0.361 e. The van der Waals surface area contributed by atoms with Gasteiger partial charge in [0.1, 0.15) is 6.23 Å². The molecule has 5 nitrogen and oxygen atoms in total. The number of amides is 1. The fraction of sp³-hybridized carbons (Fsp3) is 0.160. The highest BCUT2D eigenvalue weighted by atomic mass is 16.5. The number of para-hydroxylation sites is 2. The molecule has 0 bridgehead atoms. The second-order valence-electron chi connectivity index (χ2n) is 8.16. The van der Waals surface area contributed by atoms with Crippen molar-refractivity contribution in [2.45, 2.75) is 19.2 Å². The van der Waals surface area contributed by atoms with Crippen molar-refractivity contribution < 1.29 is 9.53 Å². The average Bonchev–Trinajstić information content (AvgIpc) is 3.32. The standard InChI is InChI=1S/C25H19N3O2/c1-13-19-20-15-8-4-6-10-17(15)28-18(30-2)11-12-27-16-9-5-3-7-14(16)21(23(27)24(20)28)22(19)25(29)26-13/h3-10,18H,1,11-12H2,2H3,(H,26,29). The van der Waals surface area contributed by atoms with E-state index in [1.807, 2.05) is 6.07 Å². The highest BCUT2D eigenvalue weighted by Gasteiger charge is 2.35. The summed E-state index contributed by atoms with van der Waals surface area (Å²) in [5.41, 5.74) is 6.87. The molecular weight excluding hydrogens is 374 g/mol. The highest BCUT2D eigenvalue weighted by Crippen LogP contribution is 2.49. The minimum absolute atomic E-state index is 0.0656. The molecular formula is C25H19N3O2. The molecule has 3 aromatic carbocycles. The van der Waals surface area contributed by atoms with E-state index in [0.717, 1.165) is 67.7 Å². The Hall–Kier alpha value is -3.57. The molecule has 5 aromatic rings. The first-order valence-electron chi connectivity index (χ1n) is 10.2. The number of fused-ring (bicyclic) bond motifs is 9. The first-order chi connectivity index (χ1) is 14.7. The number of hydrogen-bond acceptors (Lipinski definition) is 2. The summed E-state index contributed by atoms with van der Waals surface area (Å²) < 4.78 is 10.7. The van der Waals surface area contributed by atoms with E-state index < -0.39 is 0 Å². The van der Waals surface area contributed by atoms with Crippen LogP contribution in [0.5, 0.6) is 0 Å². The number of methoxy groups -OCH3 is 1. The van der Waals surface area contributed by atoms with Gasteiger partial charge in [0, 0.05) is 58.4 Å². The van der Waals surface area contributed by atoms with E-state index in [0.29, 0.717) is 5.70 Å². The zero-order chi connectivity index (χ0) is 20.1. The zero-order valence-corrected chi connectivity index (χ0v) is 16.5. The van der Waals surface area contributed by atoms with Crippen molar-refractivity contribution >= 4 is 55.2 Å². The van der Waals surface area contributed by atoms with E-state index in [1.165, 1.54) is 0 Å². The molecule has 0 aliphatic carbocycles. The number of carbonyl (C=O) groups is 1. The highest BCUT2D eigenvalue weighted by molar-refractivity contribution is 6.34. The van der Waals surface area contributed by atoms with Gasteiger partial charge in [-0.2, -0.15) is 0 Å². The number of nitrogens with one attached hydrogen (secondary N) is 1. The molecule has 0 saturated carbocycles. The maximum Gasteiger partial charge on any atom is 0.257 e. The largest absolute Gasteiger partial charge is 0.361 e. The van der Waals surface area contributed by atoms with Gasteiger partial charge >= 0.3 is 0 Å². The van der Waals surface area contributed by atoms with Crippen molar-refractivity contribution in [2.75, 3.05) is 7.11 Å². The molecule has 30 heavy (non-hydrogen) atoms. The van der Waals surface area contributed by atoms with Crippen LogP contribution in [0.2, 0.25) is 0 Å². The number of aryl methyl sites for hydroxylation is 1. The Labute approximate surface area is 172 Å². The van der Waals surface area contributed by atoms with Crippen molar-refractivity contribution in [3.8, 4) is 0 Å². The normalized spacial score (nSPS) is 18.1. The van der Waals surface area contributed by atoms with E-state index in [4.69, 9.17) is 4.74 Å². The molecule has 7 rings (SSSR count). The quantitative estimate of drug-likeness (QED) is 0.427. The Balaban J connectivity index is 1.92. The fourth-order valence-corrected chi connectivity index (χ4v) is 5.72. The maximum absolute atomic E-state index is 13.1. The summed E-state index contributed by atoms with van der Waals surface area (Å²) in [5.74, 6) is -0.0656. The first-order valence-corrected chi connectivity index (χ1v) is 10.2. The van der Waals surface area contributed by atoms with Crippen LogP contribution >= 0.6 is 0 Å². The van der Waals surface area contributed by atoms with Crippen molar-refractivity contribution in [3.63, 3.8) is 0 Å². The van der Waals surface area contributed by atoms with Crippen LogP contribution in [0.1, 0.15) is 28.6 Å². The Morgan fingerprint density at radius 2 is 1.63 bits per heavy atom. The number of hydrogen-bond donors (Lipinski definition) is 1. The van der Waals surface area contributed by atoms with Gasteiger partial charge in [0.15, 0.2) is 0 Å². The number of aromatic nitrogens is 2. The molecule has 1 atom stereocenters. The predicted octanol–water partition coefficient (Wildman–Crippen LogP) is 5.17. The molecule has 2 aliphatic heterocycles. The summed E-state index contributed by atoms with van der Waals surface area (Å²) in [4.78, 5) is 13.1. The van der Waals surface area contributed by atoms with E-state index >= 15 is 0 Å². The third-order valence-electron chi connectivity index (χ3n) is 6.81. The molecule has 1 unspecified atom stereocenters. The monoisotopic (exact) mass is 393 g/mol. The van der Waals surface area contributed by atoms with Crippen LogP contribution in [0.25, 0.3) is 49.3 Å². The fourth-order valence-electron chi connectivity index (χ4n) is 5.72. The number of ether oxygens (including phenoxy) is 1. The molecule has 0 saturated heterocycles. The maximum atomic E-state index is 13.1. The van der Waals surface area contributed by atoms with Gasteiger partial charge < -0.3 is 19.2 Å². The van der Waals surface area contributed by atoms with E-state index in [2.05, 4.69) is 63.5 Å². The third kappa shape index (κ3) is 1.68. The molecule has 2 aliphatic rings.